The number of pyridine rings is 1. The lowest BCUT2D eigenvalue weighted by Crippen LogP contribution is -2.13. The van der Waals surface area contributed by atoms with E-state index in [1.54, 1.807) is 18.3 Å². The number of benzene rings is 2. The predicted octanol–water partition coefficient (Wildman–Crippen LogP) is 4.11. The molecule has 0 bridgehead atoms. The van der Waals surface area contributed by atoms with Crippen LogP contribution in [0.1, 0.15) is 16.1 Å². The maximum atomic E-state index is 12.4. The standard InChI is InChI=1S/C20H17N3O3/c1-13-3-2-4-14(9-13)23-20(24)17-10-16(7-8-21-17)22-15-5-6-18-19(11-15)26-12-25-18/h2-11H,12H2,1H3,(H,21,22)(H,23,24). The summed E-state index contributed by atoms with van der Waals surface area (Å²) >= 11 is 0. The summed E-state index contributed by atoms with van der Waals surface area (Å²) in [5.74, 6) is 1.16. The third-order valence-electron chi connectivity index (χ3n) is 3.93. The van der Waals surface area contributed by atoms with Crippen LogP contribution in [0.4, 0.5) is 17.1 Å². The third kappa shape index (κ3) is 3.44. The minimum absolute atomic E-state index is 0.233. The second-order valence-electron chi connectivity index (χ2n) is 5.95. The SMILES string of the molecule is Cc1cccc(NC(=O)c2cc(Nc3ccc4c(c3)OCO4)ccn2)c1. The van der Waals surface area contributed by atoms with Gasteiger partial charge in [-0.15, -0.1) is 0 Å². The molecule has 0 atom stereocenters. The van der Waals surface area contributed by atoms with E-state index in [0.717, 1.165) is 28.4 Å². The summed E-state index contributed by atoms with van der Waals surface area (Å²) in [5, 5.41) is 6.10. The summed E-state index contributed by atoms with van der Waals surface area (Å²) in [6, 6.07) is 16.7. The fraction of sp³-hybridized carbons (Fsp3) is 0.100. The molecular formula is C20H17N3O3. The molecule has 2 aromatic carbocycles. The van der Waals surface area contributed by atoms with Crippen molar-refractivity contribution >= 4 is 23.0 Å². The van der Waals surface area contributed by atoms with Gasteiger partial charge in [0.15, 0.2) is 11.5 Å². The minimum atomic E-state index is -0.259. The monoisotopic (exact) mass is 347 g/mol. The van der Waals surface area contributed by atoms with E-state index in [2.05, 4.69) is 15.6 Å². The molecule has 0 radical (unpaired) electrons. The van der Waals surface area contributed by atoms with Gasteiger partial charge < -0.3 is 20.1 Å². The van der Waals surface area contributed by atoms with Gasteiger partial charge in [-0.1, -0.05) is 12.1 Å². The van der Waals surface area contributed by atoms with Crippen molar-refractivity contribution in [3.8, 4) is 11.5 Å². The molecule has 130 valence electrons. The number of carbonyl (C=O) groups excluding carboxylic acids is 1. The van der Waals surface area contributed by atoms with Gasteiger partial charge in [0.2, 0.25) is 6.79 Å². The zero-order valence-electron chi connectivity index (χ0n) is 14.2. The molecule has 6 heteroatoms. The zero-order valence-corrected chi connectivity index (χ0v) is 14.2. The molecule has 2 heterocycles. The average molecular weight is 347 g/mol. The van der Waals surface area contributed by atoms with Crippen LogP contribution in [0, 0.1) is 6.92 Å². The van der Waals surface area contributed by atoms with Crippen LogP contribution in [0.3, 0.4) is 0 Å². The van der Waals surface area contributed by atoms with E-state index in [1.165, 1.54) is 0 Å². The van der Waals surface area contributed by atoms with Gasteiger partial charge in [-0.2, -0.15) is 0 Å². The van der Waals surface area contributed by atoms with Gasteiger partial charge in [0.05, 0.1) is 0 Å². The molecule has 0 saturated heterocycles. The number of ether oxygens (including phenoxy) is 2. The Hall–Kier alpha value is -3.54. The highest BCUT2D eigenvalue weighted by atomic mass is 16.7. The number of hydrogen-bond acceptors (Lipinski definition) is 5. The van der Waals surface area contributed by atoms with Crippen LogP contribution in [0.5, 0.6) is 11.5 Å². The van der Waals surface area contributed by atoms with Crippen LogP contribution in [0.25, 0.3) is 0 Å². The highest BCUT2D eigenvalue weighted by Crippen LogP contribution is 2.35. The van der Waals surface area contributed by atoms with Gasteiger partial charge in [0.1, 0.15) is 5.69 Å². The summed E-state index contributed by atoms with van der Waals surface area (Å²) in [4.78, 5) is 16.6. The Kier molecular flexibility index (Phi) is 4.15. The van der Waals surface area contributed by atoms with E-state index >= 15 is 0 Å². The normalized spacial score (nSPS) is 11.9. The molecule has 0 fully saturated rings. The lowest BCUT2D eigenvalue weighted by molar-refractivity contribution is 0.102. The molecule has 3 aromatic rings. The number of nitrogens with zero attached hydrogens (tertiary/aromatic N) is 1. The van der Waals surface area contributed by atoms with Crippen molar-refractivity contribution in [1.29, 1.82) is 0 Å². The molecule has 0 aliphatic carbocycles. The molecule has 4 rings (SSSR count). The molecule has 1 aromatic heterocycles. The van der Waals surface area contributed by atoms with Crippen LogP contribution in [0.15, 0.2) is 60.8 Å². The topological polar surface area (TPSA) is 72.5 Å². The molecular weight excluding hydrogens is 330 g/mol. The van der Waals surface area contributed by atoms with Gasteiger partial charge in [0.25, 0.3) is 5.91 Å². The quantitative estimate of drug-likeness (QED) is 0.743. The van der Waals surface area contributed by atoms with E-state index in [9.17, 15) is 4.79 Å². The number of aryl methyl sites for hydroxylation is 1. The Morgan fingerprint density at radius 3 is 2.69 bits per heavy atom. The van der Waals surface area contributed by atoms with Crippen LogP contribution in [-0.4, -0.2) is 17.7 Å². The van der Waals surface area contributed by atoms with Crippen molar-refractivity contribution in [2.45, 2.75) is 6.92 Å². The molecule has 1 aliphatic rings. The van der Waals surface area contributed by atoms with Crippen molar-refractivity contribution in [2.75, 3.05) is 17.4 Å². The Morgan fingerprint density at radius 1 is 0.962 bits per heavy atom. The van der Waals surface area contributed by atoms with E-state index in [0.29, 0.717) is 11.4 Å². The maximum Gasteiger partial charge on any atom is 0.274 e. The number of amides is 1. The number of rotatable bonds is 4. The summed E-state index contributed by atoms with van der Waals surface area (Å²) < 4.78 is 10.7. The van der Waals surface area contributed by atoms with E-state index in [4.69, 9.17) is 9.47 Å². The van der Waals surface area contributed by atoms with Crippen molar-refractivity contribution in [2.24, 2.45) is 0 Å². The Labute approximate surface area is 150 Å². The summed E-state index contributed by atoms with van der Waals surface area (Å²) in [6.07, 6.45) is 1.60. The van der Waals surface area contributed by atoms with Crippen LogP contribution < -0.4 is 20.1 Å². The molecule has 6 nitrogen and oxygen atoms in total. The Balaban J connectivity index is 1.50. The average Bonchev–Trinajstić information content (AvgIpc) is 3.10. The number of aromatic nitrogens is 1. The second-order valence-corrected chi connectivity index (χ2v) is 5.95. The van der Waals surface area contributed by atoms with Gasteiger partial charge in [-0.25, -0.2) is 0 Å². The lowest BCUT2D eigenvalue weighted by Gasteiger charge is -2.09. The molecule has 26 heavy (non-hydrogen) atoms. The summed E-state index contributed by atoms with van der Waals surface area (Å²) in [5.41, 5.74) is 3.75. The number of carbonyl (C=O) groups is 1. The highest BCUT2D eigenvalue weighted by Gasteiger charge is 2.14. The molecule has 1 amide bonds. The van der Waals surface area contributed by atoms with Gasteiger partial charge in [-0.3, -0.25) is 9.78 Å². The third-order valence-corrected chi connectivity index (χ3v) is 3.93. The first-order chi connectivity index (χ1) is 12.7. The van der Waals surface area contributed by atoms with E-state index < -0.39 is 0 Å². The Bertz CT molecular complexity index is 972. The molecule has 0 saturated carbocycles. The van der Waals surface area contributed by atoms with Crippen molar-refractivity contribution < 1.29 is 14.3 Å². The number of fused-ring (bicyclic) bond motifs is 1. The van der Waals surface area contributed by atoms with Gasteiger partial charge >= 0.3 is 0 Å². The zero-order chi connectivity index (χ0) is 17.9. The number of anilines is 3. The largest absolute Gasteiger partial charge is 0.454 e. The smallest absolute Gasteiger partial charge is 0.274 e. The van der Waals surface area contributed by atoms with Crippen molar-refractivity contribution in [1.82, 2.24) is 4.98 Å². The molecule has 0 unspecified atom stereocenters. The predicted molar refractivity (Wildman–Crippen MR) is 99.2 cm³/mol. The first kappa shape index (κ1) is 16.0. The maximum absolute atomic E-state index is 12.4. The van der Waals surface area contributed by atoms with Crippen molar-refractivity contribution in [3.63, 3.8) is 0 Å². The highest BCUT2D eigenvalue weighted by molar-refractivity contribution is 6.03. The number of nitrogens with one attached hydrogen (secondary N) is 2. The first-order valence-corrected chi connectivity index (χ1v) is 8.18. The van der Waals surface area contributed by atoms with E-state index in [-0.39, 0.29) is 12.7 Å². The minimum Gasteiger partial charge on any atom is -0.454 e. The second kappa shape index (κ2) is 6.76. The van der Waals surface area contributed by atoms with Crippen LogP contribution in [-0.2, 0) is 0 Å². The summed E-state index contributed by atoms with van der Waals surface area (Å²) in [6.45, 7) is 2.21. The first-order valence-electron chi connectivity index (χ1n) is 8.18. The van der Waals surface area contributed by atoms with Crippen LogP contribution >= 0.6 is 0 Å². The lowest BCUT2D eigenvalue weighted by atomic mass is 10.2. The summed E-state index contributed by atoms with van der Waals surface area (Å²) in [7, 11) is 0. The van der Waals surface area contributed by atoms with Gasteiger partial charge in [-0.05, 0) is 48.9 Å². The molecule has 0 spiro atoms. The fourth-order valence-corrected chi connectivity index (χ4v) is 2.69. The van der Waals surface area contributed by atoms with Gasteiger partial charge in [0, 0.05) is 29.3 Å². The molecule has 1 aliphatic heterocycles. The van der Waals surface area contributed by atoms with E-state index in [1.807, 2.05) is 49.4 Å². The Morgan fingerprint density at radius 2 is 1.81 bits per heavy atom. The fourth-order valence-electron chi connectivity index (χ4n) is 2.69. The van der Waals surface area contributed by atoms with Crippen LogP contribution in [0.2, 0.25) is 0 Å². The van der Waals surface area contributed by atoms with Crippen molar-refractivity contribution in [3.05, 3.63) is 72.1 Å². The number of hydrogen-bond donors (Lipinski definition) is 2. The molecule has 2 N–H and O–H groups in total.